The zero-order chi connectivity index (χ0) is 29.6. The molecule has 8 nitrogen and oxygen atoms in total. The molecule has 1 amide bonds. The van der Waals surface area contributed by atoms with Crippen molar-refractivity contribution in [3.63, 3.8) is 0 Å². The Kier molecular flexibility index (Phi) is 11.7. The van der Waals surface area contributed by atoms with E-state index >= 15 is 0 Å². The average molecular weight is 562 g/mol. The number of hydrogen-bond acceptors (Lipinski definition) is 7. The van der Waals surface area contributed by atoms with Crippen LogP contribution in [0.4, 0.5) is 0 Å². The number of allylic oxidation sites excluding steroid dienone is 4. The summed E-state index contributed by atoms with van der Waals surface area (Å²) in [5.74, 6) is -1.53. The summed E-state index contributed by atoms with van der Waals surface area (Å²) in [4.78, 5) is 28.3. The lowest BCUT2D eigenvalue weighted by molar-refractivity contribution is -0.289. The number of Topliss-reactive ketones (excluding diaryl/α,β-unsaturated/α-hetero) is 1. The highest BCUT2D eigenvalue weighted by Gasteiger charge is 2.46. The molecule has 1 aliphatic carbocycles. The summed E-state index contributed by atoms with van der Waals surface area (Å²) in [6, 6.07) is -0.541. The van der Waals surface area contributed by atoms with Gasteiger partial charge in [0.2, 0.25) is 5.91 Å². The maximum Gasteiger partial charge on any atom is 0.228 e. The quantitative estimate of drug-likeness (QED) is 0.302. The van der Waals surface area contributed by atoms with Crippen molar-refractivity contribution in [2.24, 2.45) is 17.8 Å². The van der Waals surface area contributed by atoms with Crippen LogP contribution in [0.2, 0.25) is 0 Å². The van der Waals surface area contributed by atoms with Gasteiger partial charge in [0.05, 0.1) is 36.9 Å². The number of ether oxygens (including phenoxy) is 3. The highest BCUT2D eigenvalue weighted by Crippen LogP contribution is 2.38. The summed E-state index contributed by atoms with van der Waals surface area (Å²) < 4.78 is 17.3. The number of aliphatic hydroxyl groups excluding tert-OH is 1. The Labute approximate surface area is 240 Å². The van der Waals surface area contributed by atoms with Gasteiger partial charge in [0.15, 0.2) is 11.6 Å². The Balaban J connectivity index is 1.56. The molecule has 0 aromatic rings. The van der Waals surface area contributed by atoms with Crippen LogP contribution in [0.5, 0.6) is 0 Å². The Morgan fingerprint density at radius 2 is 1.90 bits per heavy atom. The van der Waals surface area contributed by atoms with Crippen molar-refractivity contribution < 1.29 is 34.0 Å². The van der Waals surface area contributed by atoms with E-state index in [0.29, 0.717) is 18.9 Å². The molecular weight excluding hydrogens is 510 g/mol. The van der Waals surface area contributed by atoms with Crippen LogP contribution < -0.4 is 0 Å². The maximum atomic E-state index is 13.4. The fourth-order valence-electron chi connectivity index (χ4n) is 6.11. The van der Waals surface area contributed by atoms with Crippen molar-refractivity contribution in [1.29, 1.82) is 0 Å². The lowest BCUT2D eigenvalue weighted by atomic mass is 9.82. The fraction of sp³-hybridized carbons (Fsp3) is 0.750. The number of hydrogen-bond donors (Lipinski definition) is 2. The lowest BCUT2D eigenvalue weighted by Gasteiger charge is -2.45. The van der Waals surface area contributed by atoms with E-state index < -0.39 is 17.9 Å². The van der Waals surface area contributed by atoms with Crippen molar-refractivity contribution >= 4 is 11.7 Å². The number of carbonyl (C=O) groups excluding carboxylic acids is 2. The number of likely N-dealkylation sites (tertiary alicyclic amines) is 1. The molecule has 3 rings (SSSR count). The molecule has 0 aromatic heterocycles. The van der Waals surface area contributed by atoms with E-state index in [9.17, 15) is 19.8 Å². The molecule has 2 N–H and O–H groups in total. The number of rotatable bonds is 10. The Morgan fingerprint density at radius 1 is 1.18 bits per heavy atom. The second kappa shape index (κ2) is 14.4. The van der Waals surface area contributed by atoms with Gasteiger partial charge in [0.25, 0.3) is 0 Å². The van der Waals surface area contributed by atoms with E-state index in [0.717, 1.165) is 36.8 Å². The summed E-state index contributed by atoms with van der Waals surface area (Å²) in [6.45, 7) is 12.3. The van der Waals surface area contributed by atoms with Gasteiger partial charge in [-0.25, -0.2) is 0 Å². The summed E-state index contributed by atoms with van der Waals surface area (Å²) in [5.41, 5.74) is 2.07. The molecular formula is C32H51NO7. The maximum absolute atomic E-state index is 13.4. The van der Waals surface area contributed by atoms with Crippen molar-refractivity contribution in [2.75, 3.05) is 20.3 Å². The summed E-state index contributed by atoms with van der Waals surface area (Å²) >= 11 is 0. The predicted octanol–water partition coefficient (Wildman–Crippen LogP) is 4.35. The predicted molar refractivity (Wildman–Crippen MR) is 154 cm³/mol. The Bertz CT molecular complexity index is 974. The van der Waals surface area contributed by atoms with Crippen LogP contribution in [0, 0.1) is 17.8 Å². The molecule has 0 bridgehead atoms. The minimum atomic E-state index is -1.51. The topological polar surface area (TPSA) is 106 Å². The highest BCUT2D eigenvalue weighted by molar-refractivity contribution is 5.90. The van der Waals surface area contributed by atoms with Crippen molar-refractivity contribution in [1.82, 2.24) is 4.90 Å². The summed E-state index contributed by atoms with van der Waals surface area (Å²) in [6.07, 6.45) is 10.5. The van der Waals surface area contributed by atoms with E-state index in [1.165, 1.54) is 0 Å². The molecule has 40 heavy (non-hydrogen) atoms. The zero-order valence-corrected chi connectivity index (χ0v) is 25.5. The molecule has 0 aromatic carbocycles. The van der Waals surface area contributed by atoms with Gasteiger partial charge in [-0.05, 0) is 77.2 Å². The first-order valence-corrected chi connectivity index (χ1v) is 14.9. The average Bonchev–Trinajstić information content (AvgIpc) is 2.91. The summed E-state index contributed by atoms with van der Waals surface area (Å²) in [5, 5.41) is 21.2. The second-order valence-corrected chi connectivity index (χ2v) is 12.3. The molecule has 0 spiro atoms. The van der Waals surface area contributed by atoms with Crippen LogP contribution in [0.25, 0.3) is 0 Å². The van der Waals surface area contributed by atoms with E-state index in [1.54, 1.807) is 18.1 Å². The third kappa shape index (κ3) is 8.35. The van der Waals surface area contributed by atoms with Crippen LogP contribution in [-0.4, -0.2) is 83.3 Å². The van der Waals surface area contributed by atoms with Gasteiger partial charge < -0.3 is 29.3 Å². The number of methoxy groups -OCH3 is 1. The third-order valence-corrected chi connectivity index (χ3v) is 9.08. The zero-order valence-electron chi connectivity index (χ0n) is 25.5. The fourth-order valence-corrected chi connectivity index (χ4v) is 6.11. The lowest BCUT2D eigenvalue weighted by Crippen LogP contribution is -2.55. The monoisotopic (exact) mass is 561 g/mol. The molecule has 2 heterocycles. The molecule has 0 radical (unpaired) electrons. The molecule has 9 unspecified atom stereocenters. The number of carbonyl (C=O) groups is 2. The van der Waals surface area contributed by atoms with Gasteiger partial charge in [0, 0.05) is 19.6 Å². The Hall–Kier alpha value is -1.84. The molecule has 9 atom stereocenters. The third-order valence-electron chi connectivity index (χ3n) is 9.08. The Morgan fingerprint density at radius 3 is 2.60 bits per heavy atom. The van der Waals surface area contributed by atoms with Crippen molar-refractivity contribution in [2.45, 2.75) is 116 Å². The van der Waals surface area contributed by atoms with E-state index in [2.05, 4.69) is 19.1 Å². The van der Waals surface area contributed by atoms with E-state index in [-0.39, 0.29) is 54.9 Å². The normalized spacial score (nSPS) is 36.4. The molecule has 8 heteroatoms. The number of aliphatic hydroxyl groups is 2. The molecule has 2 fully saturated rings. The molecule has 3 aliphatic rings. The minimum absolute atomic E-state index is 0.0754. The SMILES string of the molecule is COC1CC(/C=C(C)/C=C(\C)C(C)OCC(=O)C2CCCCN2C(=O)CC2(O)OC(C)C(C)CC2C)C=CC1O. The standard InChI is InChI=1S/C32H51NO7/c1-20(15-26-11-12-28(34)30(17-26)38-7)14-21(2)24(5)39-19-29(35)27-10-8-9-13-33(27)31(36)18-32(37)23(4)16-22(3)25(6)40-32/h11-12,14-15,22-28,30,34,37H,8-10,13,16-19H2,1-7H3/b20-15+,21-14+. The second-order valence-electron chi connectivity index (χ2n) is 12.3. The van der Waals surface area contributed by atoms with Gasteiger partial charge in [-0.1, -0.05) is 43.7 Å². The first-order valence-electron chi connectivity index (χ1n) is 14.9. The van der Waals surface area contributed by atoms with Crippen LogP contribution >= 0.6 is 0 Å². The number of amides is 1. The number of piperidine rings is 1. The van der Waals surface area contributed by atoms with Crippen LogP contribution in [-0.2, 0) is 23.8 Å². The molecule has 226 valence electrons. The first-order chi connectivity index (χ1) is 18.8. The van der Waals surface area contributed by atoms with E-state index in [4.69, 9.17) is 14.2 Å². The van der Waals surface area contributed by atoms with Crippen LogP contribution in [0.15, 0.2) is 35.5 Å². The van der Waals surface area contributed by atoms with Crippen molar-refractivity contribution in [3.8, 4) is 0 Å². The first kappa shape index (κ1) is 32.7. The van der Waals surface area contributed by atoms with E-state index in [1.807, 2.05) is 40.7 Å². The van der Waals surface area contributed by atoms with Gasteiger partial charge in [0.1, 0.15) is 6.61 Å². The number of nitrogens with zero attached hydrogens (tertiary/aromatic N) is 1. The molecule has 0 saturated carbocycles. The van der Waals surface area contributed by atoms with Crippen LogP contribution in [0.1, 0.15) is 80.1 Å². The van der Waals surface area contributed by atoms with Gasteiger partial charge in [-0.3, -0.25) is 9.59 Å². The van der Waals surface area contributed by atoms with Gasteiger partial charge in [-0.15, -0.1) is 0 Å². The minimum Gasteiger partial charge on any atom is -0.386 e. The highest BCUT2D eigenvalue weighted by atomic mass is 16.6. The largest absolute Gasteiger partial charge is 0.386 e. The molecule has 2 aliphatic heterocycles. The molecule has 2 saturated heterocycles. The van der Waals surface area contributed by atoms with Gasteiger partial charge >= 0.3 is 0 Å². The van der Waals surface area contributed by atoms with Crippen LogP contribution in [0.3, 0.4) is 0 Å². The van der Waals surface area contributed by atoms with Crippen molar-refractivity contribution in [3.05, 3.63) is 35.5 Å². The van der Waals surface area contributed by atoms with Gasteiger partial charge in [-0.2, -0.15) is 0 Å². The number of ketones is 1. The summed E-state index contributed by atoms with van der Waals surface area (Å²) in [7, 11) is 1.61. The smallest absolute Gasteiger partial charge is 0.228 e.